The molecule has 2 rings (SSSR count). The van der Waals surface area contributed by atoms with Gasteiger partial charge in [-0.3, -0.25) is 0 Å². The Morgan fingerprint density at radius 1 is 0.926 bits per heavy atom. The number of carboxylic acid groups (broad SMARTS) is 1. The highest BCUT2D eigenvalue weighted by Gasteiger charge is 2.20. The van der Waals surface area contributed by atoms with Crippen LogP contribution < -0.4 is 0 Å². The first-order chi connectivity index (χ1) is 13.2. The van der Waals surface area contributed by atoms with E-state index < -0.39 is 6.16 Å². The van der Waals surface area contributed by atoms with E-state index >= 15 is 0 Å². The number of aryl methyl sites for hydroxylation is 2. The molecular weight excluding hydrogens is 336 g/mol. The lowest BCUT2D eigenvalue weighted by molar-refractivity contribution is 0.0461. The fraction of sp³-hybridized carbons (Fsp3) is 0.458. The quantitative estimate of drug-likeness (QED) is 0.353. The predicted molar refractivity (Wildman–Crippen MR) is 110 cm³/mol. The van der Waals surface area contributed by atoms with Gasteiger partial charge in [0, 0.05) is 0 Å². The Kier molecular flexibility index (Phi) is 8.90. The third-order valence-electron chi connectivity index (χ3n) is 4.94. The second-order valence-corrected chi connectivity index (χ2v) is 7.09. The molecule has 146 valence electrons. The summed E-state index contributed by atoms with van der Waals surface area (Å²) in [6, 6.07) is 16.7. The molecular formula is C24H32O3. The molecule has 0 saturated carbocycles. The molecule has 1 N–H and O–H groups in total. The van der Waals surface area contributed by atoms with Crippen LogP contribution in [0.3, 0.4) is 0 Å². The van der Waals surface area contributed by atoms with Crippen molar-refractivity contribution in [2.24, 2.45) is 0 Å². The molecule has 0 saturated heterocycles. The fourth-order valence-electron chi connectivity index (χ4n) is 3.72. The van der Waals surface area contributed by atoms with Crippen molar-refractivity contribution < 1.29 is 14.6 Å². The second-order valence-electron chi connectivity index (χ2n) is 7.09. The third kappa shape index (κ3) is 6.74. The van der Waals surface area contributed by atoms with Crippen LogP contribution in [0.15, 0.2) is 48.5 Å². The zero-order valence-corrected chi connectivity index (χ0v) is 16.6. The van der Waals surface area contributed by atoms with Gasteiger partial charge in [-0.1, -0.05) is 75.2 Å². The van der Waals surface area contributed by atoms with Crippen molar-refractivity contribution in [1.29, 1.82) is 0 Å². The minimum absolute atomic E-state index is 0.378. The molecule has 0 aliphatic rings. The summed E-state index contributed by atoms with van der Waals surface area (Å²) < 4.78 is 5.33. The van der Waals surface area contributed by atoms with E-state index in [4.69, 9.17) is 4.74 Å². The number of hydrogen-bond donors (Lipinski definition) is 1. The summed E-state index contributed by atoms with van der Waals surface area (Å²) in [5.74, 6) is 0. The first kappa shape index (κ1) is 21.0. The van der Waals surface area contributed by atoms with Crippen molar-refractivity contribution in [3.8, 4) is 0 Å². The van der Waals surface area contributed by atoms with Gasteiger partial charge in [0.25, 0.3) is 0 Å². The molecule has 3 nitrogen and oxygen atoms in total. The molecule has 3 heteroatoms. The summed E-state index contributed by atoms with van der Waals surface area (Å²) in [6.07, 6.45) is 6.26. The van der Waals surface area contributed by atoms with Crippen molar-refractivity contribution in [2.45, 2.75) is 71.3 Å². The van der Waals surface area contributed by atoms with E-state index in [1.165, 1.54) is 16.7 Å². The summed E-state index contributed by atoms with van der Waals surface area (Å²) in [6.45, 7) is 4.34. The predicted octanol–water partition coefficient (Wildman–Crippen LogP) is 6.74. The number of rotatable bonds is 11. The Labute approximate surface area is 163 Å². The van der Waals surface area contributed by atoms with Gasteiger partial charge in [-0.05, 0) is 60.8 Å². The Morgan fingerprint density at radius 3 is 2.33 bits per heavy atom. The maximum Gasteiger partial charge on any atom is 0.506 e. The molecule has 0 aromatic heterocycles. The highest BCUT2D eigenvalue weighted by molar-refractivity contribution is 5.57. The number of ether oxygens (including phenoxy) is 1. The summed E-state index contributed by atoms with van der Waals surface area (Å²) >= 11 is 0. The van der Waals surface area contributed by atoms with Crippen LogP contribution in [0, 0.1) is 0 Å². The maximum atomic E-state index is 11.3. The minimum Gasteiger partial charge on any atom is -0.450 e. The lowest BCUT2D eigenvalue weighted by Crippen LogP contribution is -2.13. The summed E-state index contributed by atoms with van der Waals surface area (Å²) in [7, 11) is 0. The van der Waals surface area contributed by atoms with Crippen LogP contribution in [0.2, 0.25) is 0 Å². The minimum atomic E-state index is -1.19. The van der Waals surface area contributed by atoms with E-state index in [1.54, 1.807) is 0 Å². The van der Waals surface area contributed by atoms with Gasteiger partial charge in [0.15, 0.2) is 0 Å². The van der Waals surface area contributed by atoms with E-state index in [9.17, 15) is 9.90 Å². The number of hydrogen-bond acceptors (Lipinski definition) is 2. The standard InChI is InChI=1S/C24H32O3/c1-3-11-20-16-10-17-22(21(20)12-4-2)23(27-24(25)26)18-9-8-15-19-13-6-5-7-14-19/h5-7,10,13-14,16-17,23H,3-4,8-9,11-12,15,18H2,1-2H3,(H,25,26). The van der Waals surface area contributed by atoms with Crippen molar-refractivity contribution in [3.63, 3.8) is 0 Å². The number of unbranched alkanes of at least 4 members (excludes halogenated alkanes) is 1. The monoisotopic (exact) mass is 368 g/mol. The van der Waals surface area contributed by atoms with Gasteiger partial charge in [0.05, 0.1) is 0 Å². The highest BCUT2D eigenvalue weighted by Crippen LogP contribution is 2.30. The van der Waals surface area contributed by atoms with Gasteiger partial charge in [0.1, 0.15) is 6.10 Å². The van der Waals surface area contributed by atoms with Crippen LogP contribution in [0.1, 0.15) is 74.3 Å². The SMILES string of the molecule is CCCc1cccc(C(CCCCc2ccccc2)OC(=O)O)c1CCC. The van der Waals surface area contributed by atoms with Gasteiger partial charge in [-0.25, -0.2) is 4.79 Å². The van der Waals surface area contributed by atoms with Gasteiger partial charge in [0.2, 0.25) is 0 Å². The molecule has 0 bridgehead atoms. The van der Waals surface area contributed by atoms with Crippen LogP contribution in [0.4, 0.5) is 4.79 Å². The van der Waals surface area contributed by atoms with E-state index in [-0.39, 0.29) is 6.10 Å². The molecule has 2 aromatic rings. The van der Waals surface area contributed by atoms with Crippen molar-refractivity contribution in [1.82, 2.24) is 0 Å². The molecule has 27 heavy (non-hydrogen) atoms. The fourth-order valence-corrected chi connectivity index (χ4v) is 3.72. The summed E-state index contributed by atoms with van der Waals surface area (Å²) in [5.41, 5.74) is 5.01. The molecule has 0 amide bonds. The van der Waals surface area contributed by atoms with Crippen LogP contribution in [0.5, 0.6) is 0 Å². The van der Waals surface area contributed by atoms with Gasteiger partial charge >= 0.3 is 6.16 Å². The summed E-state index contributed by atoms with van der Waals surface area (Å²) in [4.78, 5) is 11.3. The highest BCUT2D eigenvalue weighted by atomic mass is 16.7. The molecule has 2 aromatic carbocycles. The number of benzene rings is 2. The van der Waals surface area contributed by atoms with Gasteiger partial charge in [-0.2, -0.15) is 0 Å². The maximum absolute atomic E-state index is 11.3. The van der Waals surface area contributed by atoms with E-state index in [0.29, 0.717) is 0 Å². The molecule has 1 unspecified atom stereocenters. The van der Waals surface area contributed by atoms with Crippen LogP contribution in [-0.2, 0) is 24.0 Å². The van der Waals surface area contributed by atoms with Gasteiger partial charge < -0.3 is 9.84 Å². The Balaban J connectivity index is 2.10. The van der Waals surface area contributed by atoms with Crippen LogP contribution in [0.25, 0.3) is 0 Å². The van der Waals surface area contributed by atoms with Gasteiger partial charge in [-0.15, -0.1) is 0 Å². The molecule has 0 aliphatic heterocycles. The van der Waals surface area contributed by atoms with Crippen LogP contribution >= 0.6 is 0 Å². The molecule has 0 spiro atoms. The molecule has 0 fully saturated rings. The zero-order valence-electron chi connectivity index (χ0n) is 16.6. The summed E-state index contributed by atoms with van der Waals surface area (Å²) in [5, 5.41) is 9.25. The largest absolute Gasteiger partial charge is 0.506 e. The Bertz CT molecular complexity index is 694. The van der Waals surface area contributed by atoms with E-state index in [0.717, 1.165) is 56.9 Å². The van der Waals surface area contributed by atoms with Crippen molar-refractivity contribution in [2.75, 3.05) is 0 Å². The molecule has 0 aliphatic carbocycles. The lowest BCUT2D eigenvalue weighted by Gasteiger charge is -2.22. The first-order valence-electron chi connectivity index (χ1n) is 10.2. The van der Waals surface area contributed by atoms with E-state index in [2.05, 4.69) is 50.2 Å². The molecule has 1 atom stereocenters. The lowest BCUT2D eigenvalue weighted by atomic mass is 9.90. The third-order valence-corrected chi connectivity index (χ3v) is 4.94. The normalized spacial score (nSPS) is 11.9. The Morgan fingerprint density at radius 2 is 1.67 bits per heavy atom. The average molecular weight is 369 g/mol. The Hall–Kier alpha value is -2.29. The zero-order chi connectivity index (χ0) is 19.5. The van der Waals surface area contributed by atoms with Crippen molar-refractivity contribution in [3.05, 3.63) is 70.8 Å². The second kappa shape index (κ2) is 11.4. The first-order valence-corrected chi connectivity index (χ1v) is 10.2. The molecule has 0 heterocycles. The number of carbonyl (C=O) groups is 1. The van der Waals surface area contributed by atoms with Crippen LogP contribution in [-0.4, -0.2) is 11.3 Å². The average Bonchev–Trinajstić information content (AvgIpc) is 2.66. The van der Waals surface area contributed by atoms with E-state index in [1.807, 2.05) is 12.1 Å². The van der Waals surface area contributed by atoms with Crippen molar-refractivity contribution >= 4 is 6.16 Å². The smallest absolute Gasteiger partial charge is 0.450 e. The topological polar surface area (TPSA) is 46.5 Å². The molecule has 0 radical (unpaired) electrons.